The van der Waals surface area contributed by atoms with Crippen molar-refractivity contribution in [2.24, 2.45) is 0 Å². The van der Waals surface area contributed by atoms with Crippen molar-refractivity contribution in [3.8, 4) is 22.3 Å². The van der Waals surface area contributed by atoms with Crippen LogP contribution in [0.25, 0.3) is 49.9 Å². The van der Waals surface area contributed by atoms with Gasteiger partial charge in [0.1, 0.15) is 0 Å². The van der Waals surface area contributed by atoms with Gasteiger partial charge in [-0.15, -0.1) is 0 Å². The lowest BCUT2D eigenvalue weighted by Crippen LogP contribution is -1.95. The van der Waals surface area contributed by atoms with Crippen molar-refractivity contribution in [1.29, 1.82) is 0 Å². The minimum Gasteiger partial charge on any atom is -0.0794 e. The number of aryl methyl sites for hydroxylation is 4. The van der Waals surface area contributed by atoms with Crippen LogP contribution in [0, 0.1) is 27.7 Å². The summed E-state index contributed by atoms with van der Waals surface area (Å²) in [7, 11) is 0. The first-order chi connectivity index (χ1) is 16.8. The normalized spacial score (nSPS) is 12.6. The molecule has 0 saturated carbocycles. The first kappa shape index (κ1) is 22.8. The summed E-state index contributed by atoms with van der Waals surface area (Å²) in [6.45, 7) is 8.77. The zero-order valence-corrected chi connectivity index (χ0v) is 23.6. The molecule has 0 saturated heterocycles. The number of hydrogen-bond acceptors (Lipinski definition) is 0. The molecule has 0 aromatic heterocycles. The Hall–Kier alpha value is -2.68. The molecule has 1 aliphatic carbocycles. The molecule has 35 heavy (non-hydrogen) atoms. The van der Waals surface area contributed by atoms with Crippen LogP contribution in [-0.2, 0) is 6.42 Å². The van der Waals surface area contributed by atoms with E-state index in [9.17, 15) is 0 Å². The molecular formula is C33H26Br2. The fourth-order valence-electron chi connectivity index (χ4n) is 5.61. The van der Waals surface area contributed by atoms with Crippen molar-refractivity contribution in [2.75, 3.05) is 0 Å². The third-order valence-corrected chi connectivity index (χ3v) is 8.78. The van der Waals surface area contributed by atoms with Crippen LogP contribution in [0.15, 0.2) is 75.7 Å². The Balaban J connectivity index is 1.82. The number of benzene rings is 5. The highest BCUT2D eigenvalue weighted by Crippen LogP contribution is 2.47. The van der Waals surface area contributed by atoms with E-state index < -0.39 is 0 Å². The molecule has 0 unspecified atom stereocenters. The van der Waals surface area contributed by atoms with E-state index in [-0.39, 0.29) is 0 Å². The summed E-state index contributed by atoms with van der Waals surface area (Å²) in [5, 5.41) is 5.28. The molecule has 0 N–H and O–H groups in total. The van der Waals surface area contributed by atoms with E-state index in [0.29, 0.717) is 0 Å². The largest absolute Gasteiger partial charge is 0.0794 e. The third kappa shape index (κ3) is 3.61. The fourth-order valence-corrected chi connectivity index (χ4v) is 6.76. The lowest BCUT2D eigenvalue weighted by Gasteiger charge is -2.20. The number of hydrogen-bond donors (Lipinski definition) is 0. The van der Waals surface area contributed by atoms with Crippen LogP contribution >= 0.6 is 31.9 Å². The number of allylic oxidation sites excluding steroid dienone is 1. The van der Waals surface area contributed by atoms with Crippen LogP contribution in [0.3, 0.4) is 0 Å². The summed E-state index contributed by atoms with van der Waals surface area (Å²) < 4.78 is 2.32. The van der Waals surface area contributed by atoms with Gasteiger partial charge in [0.15, 0.2) is 0 Å². The Morgan fingerprint density at radius 1 is 0.571 bits per heavy atom. The van der Waals surface area contributed by atoms with Crippen LogP contribution in [0.2, 0.25) is 0 Å². The van der Waals surface area contributed by atoms with E-state index in [1.54, 1.807) is 0 Å². The van der Waals surface area contributed by atoms with Gasteiger partial charge in [-0.25, -0.2) is 0 Å². The quantitative estimate of drug-likeness (QED) is 0.182. The molecule has 0 nitrogen and oxygen atoms in total. The lowest BCUT2D eigenvalue weighted by molar-refractivity contribution is 1.30. The molecule has 5 aromatic rings. The SMILES string of the molecule is Cc1ccc(C)c(-c2cc(Br)c3ccc4c(-c5cc(C)ccc5C)cc(Br)c5c4c3c2C=CC5)c1. The summed E-state index contributed by atoms with van der Waals surface area (Å²) in [5.41, 5.74) is 13.0. The maximum Gasteiger partial charge on any atom is 0.0260 e. The van der Waals surface area contributed by atoms with Crippen molar-refractivity contribution >= 4 is 59.5 Å². The highest BCUT2D eigenvalue weighted by atomic mass is 79.9. The van der Waals surface area contributed by atoms with Gasteiger partial charge in [0.2, 0.25) is 0 Å². The number of rotatable bonds is 2. The maximum atomic E-state index is 3.98. The minimum absolute atomic E-state index is 0.905. The summed E-state index contributed by atoms with van der Waals surface area (Å²) in [5.74, 6) is 0. The van der Waals surface area contributed by atoms with Crippen LogP contribution < -0.4 is 0 Å². The summed E-state index contributed by atoms with van der Waals surface area (Å²) in [4.78, 5) is 0. The summed E-state index contributed by atoms with van der Waals surface area (Å²) in [6, 6.07) is 22.8. The van der Waals surface area contributed by atoms with Gasteiger partial charge in [0.05, 0.1) is 0 Å². The van der Waals surface area contributed by atoms with Crippen molar-refractivity contribution in [3.63, 3.8) is 0 Å². The summed E-state index contributed by atoms with van der Waals surface area (Å²) in [6.07, 6.45) is 5.57. The standard InChI is InChI=1S/C33H26Br2/c1-18-8-10-20(3)26(14-18)28-16-31(35)25-13-12-23-29(27-15-19(2)9-11-21(27)4)17-30(34)24-7-5-6-22(28)32(25)33(23)24/h5-6,8-17H,7H2,1-4H3. The molecule has 5 aromatic carbocycles. The molecule has 0 atom stereocenters. The molecule has 0 heterocycles. The van der Waals surface area contributed by atoms with Gasteiger partial charge in [0.25, 0.3) is 0 Å². The second kappa shape index (κ2) is 8.47. The van der Waals surface area contributed by atoms with Crippen molar-refractivity contribution in [1.82, 2.24) is 0 Å². The van der Waals surface area contributed by atoms with Crippen LogP contribution in [-0.4, -0.2) is 0 Å². The van der Waals surface area contributed by atoms with Crippen LogP contribution in [0.1, 0.15) is 33.4 Å². The molecule has 0 fully saturated rings. The maximum absolute atomic E-state index is 3.98. The van der Waals surface area contributed by atoms with Gasteiger partial charge in [-0.1, -0.05) is 104 Å². The molecule has 0 bridgehead atoms. The van der Waals surface area contributed by atoms with Gasteiger partial charge in [-0.05, 0) is 112 Å². The Morgan fingerprint density at radius 2 is 1.17 bits per heavy atom. The average molecular weight is 582 g/mol. The van der Waals surface area contributed by atoms with Crippen LogP contribution in [0.5, 0.6) is 0 Å². The van der Waals surface area contributed by atoms with E-state index in [4.69, 9.17) is 0 Å². The molecule has 0 radical (unpaired) electrons. The fraction of sp³-hybridized carbons (Fsp3) is 0.152. The van der Waals surface area contributed by atoms with Crippen molar-refractivity contribution in [3.05, 3.63) is 109 Å². The lowest BCUT2D eigenvalue weighted by atomic mass is 9.86. The Labute approximate surface area is 224 Å². The van der Waals surface area contributed by atoms with Crippen molar-refractivity contribution in [2.45, 2.75) is 34.1 Å². The summed E-state index contributed by atoms with van der Waals surface area (Å²) >= 11 is 7.93. The second-order valence-corrected chi connectivity index (χ2v) is 11.6. The number of halogens is 2. The molecule has 0 amide bonds. The van der Waals surface area contributed by atoms with Gasteiger partial charge in [0, 0.05) is 8.95 Å². The molecule has 172 valence electrons. The van der Waals surface area contributed by atoms with E-state index in [2.05, 4.69) is 132 Å². The van der Waals surface area contributed by atoms with E-state index in [1.807, 2.05) is 0 Å². The average Bonchev–Trinajstić information content (AvgIpc) is 3.04. The van der Waals surface area contributed by atoms with Crippen LogP contribution in [0.4, 0.5) is 0 Å². The Bertz CT molecular complexity index is 1720. The van der Waals surface area contributed by atoms with E-state index >= 15 is 0 Å². The molecule has 0 aliphatic heterocycles. The van der Waals surface area contributed by atoms with E-state index in [0.717, 1.165) is 10.9 Å². The topological polar surface area (TPSA) is 0 Å². The zero-order chi connectivity index (χ0) is 24.4. The van der Waals surface area contributed by atoms with Gasteiger partial charge in [-0.3, -0.25) is 0 Å². The highest BCUT2D eigenvalue weighted by Gasteiger charge is 2.22. The molecule has 2 heteroatoms. The zero-order valence-electron chi connectivity index (χ0n) is 20.4. The predicted octanol–water partition coefficient (Wildman–Crippen LogP) is 10.7. The Morgan fingerprint density at radius 3 is 1.86 bits per heavy atom. The highest BCUT2D eigenvalue weighted by molar-refractivity contribution is 9.11. The van der Waals surface area contributed by atoms with Gasteiger partial charge in [-0.2, -0.15) is 0 Å². The van der Waals surface area contributed by atoms with E-state index in [1.165, 1.54) is 81.7 Å². The minimum atomic E-state index is 0.905. The smallest absolute Gasteiger partial charge is 0.0260 e. The first-order valence-corrected chi connectivity index (χ1v) is 13.6. The molecular weight excluding hydrogens is 556 g/mol. The van der Waals surface area contributed by atoms with Crippen molar-refractivity contribution < 1.29 is 0 Å². The Kier molecular flexibility index (Phi) is 5.51. The molecule has 1 aliphatic rings. The van der Waals surface area contributed by atoms with Gasteiger partial charge < -0.3 is 0 Å². The predicted molar refractivity (Wildman–Crippen MR) is 159 cm³/mol. The molecule has 6 rings (SSSR count). The van der Waals surface area contributed by atoms with Gasteiger partial charge >= 0.3 is 0 Å². The monoisotopic (exact) mass is 580 g/mol. The second-order valence-electron chi connectivity index (χ2n) is 9.86. The third-order valence-electron chi connectivity index (χ3n) is 7.42. The molecule has 0 spiro atoms. The first-order valence-electron chi connectivity index (χ1n) is 12.1.